The molecule has 0 radical (unpaired) electrons. The molecule has 23 heavy (non-hydrogen) atoms. The molecule has 1 aliphatic rings. The van der Waals surface area contributed by atoms with Crippen LogP contribution in [0.1, 0.15) is 50.8 Å². The summed E-state index contributed by atoms with van der Waals surface area (Å²) in [5.74, 6) is 0.803. The van der Waals surface area contributed by atoms with Crippen LogP contribution in [-0.2, 0) is 23.3 Å². The van der Waals surface area contributed by atoms with Crippen molar-refractivity contribution in [3.8, 4) is 0 Å². The van der Waals surface area contributed by atoms with Crippen molar-refractivity contribution in [1.29, 1.82) is 0 Å². The van der Waals surface area contributed by atoms with Crippen LogP contribution in [0.25, 0.3) is 0 Å². The number of halogens is 1. The lowest BCUT2D eigenvalue weighted by atomic mass is 9.95. The standard InChI is InChI=1S/C16H20ClN5O/c1-10(22-8-12(17)6-19-22)14(23)21-7-11-5-18-15(16(2,3)4)20-13(11)9-21/h5-6,8,10H,7,9H2,1-4H3/t10-/m0/s1. The molecule has 3 heterocycles. The first-order valence-electron chi connectivity index (χ1n) is 7.59. The average Bonchev–Trinajstić information content (AvgIpc) is 3.09. The van der Waals surface area contributed by atoms with Crippen molar-refractivity contribution in [3.05, 3.63) is 40.7 Å². The Morgan fingerprint density at radius 1 is 1.30 bits per heavy atom. The van der Waals surface area contributed by atoms with E-state index in [0.717, 1.165) is 17.1 Å². The van der Waals surface area contributed by atoms with Crippen LogP contribution < -0.4 is 0 Å². The highest BCUT2D eigenvalue weighted by Gasteiger charge is 2.30. The largest absolute Gasteiger partial charge is 0.330 e. The van der Waals surface area contributed by atoms with Crippen LogP contribution in [0.5, 0.6) is 0 Å². The number of carbonyl (C=O) groups excluding carboxylic acids is 1. The number of aromatic nitrogens is 4. The zero-order valence-corrected chi connectivity index (χ0v) is 14.5. The van der Waals surface area contributed by atoms with Gasteiger partial charge in [0, 0.05) is 29.9 Å². The Morgan fingerprint density at radius 2 is 2.04 bits per heavy atom. The summed E-state index contributed by atoms with van der Waals surface area (Å²) in [6.45, 7) is 9.11. The second kappa shape index (κ2) is 5.60. The van der Waals surface area contributed by atoms with Crippen LogP contribution in [0.15, 0.2) is 18.6 Å². The zero-order valence-electron chi connectivity index (χ0n) is 13.7. The molecular weight excluding hydrogens is 314 g/mol. The fourth-order valence-electron chi connectivity index (χ4n) is 2.57. The summed E-state index contributed by atoms with van der Waals surface area (Å²) in [4.78, 5) is 23.5. The van der Waals surface area contributed by atoms with Crippen LogP contribution in [0.3, 0.4) is 0 Å². The van der Waals surface area contributed by atoms with E-state index in [0.29, 0.717) is 18.1 Å². The van der Waals surface area contributed by atoms with E-state index >= 15 is 0 Å². The number of fused-ring (bicyclic) bond motifs is 1. The van der Waals surface area contributed by atoms with Crippen molar-refractivity contribution < 1.29 is 4.79 Å². The molecule has 3 rings (SSSR count). The Morgan fingerprint density at radius 3 is 2.65 bits per heavy atom. The minimum atomic E-state index is -0.396. The molecule has 0 unspecified atom stereocenters. The van der Waals surface area contributed by atoms with Gasteiger partial charge in [0.25, 0.3) is 0 Å². The van der Waals surface area contributed by atoms with Crippen LogP contribution >= 0.6 is 11.6 Å². The molecule has 1 aliphatic heterocycles. The summed E-state index contributed by atoms with van der Waals surface area (Å²) in [6.07, 6.45) is 5.03. The highest BCUT2D eigenvalue weighted by atomic mass is 35.5. The first kappa shape index (κ1) is 15.9. The Bertz CT molecular complexity index is 749. The molecule has 0 aliphatic carbocycles. The lowest BCUT2D eigenvalue weighted by molar-refractivity contribution is -0.135. The van der Waals surface area contributed by atoms with Gasteiger partial charge in [-0.25, -0.2) is 9.97 Å². The van der Waals surface area contributed by atoms with Gasteiger partial charge in [-0.05, 0) is 6.92 Å². The van der Waals surface area contributed by atoms with Gasteiger partial charge in [-0.15, -0.1) is 0 Å². The summed E-state index contributed by atoms with van der Waals surface area (Å²) >= 11 is 5.88. The van der Waals surface area contributed by atoms with Crippen molar-refractivity contribution in [1.82, 2.24) is 24.6 Å². The molecule has 0 fully saturated rings. The molecular formula is C16H20ClN5O. The van der Waals surface area contributed by atoms with E-state index in [1.807, 2.05) is 13.1 Å². The second-order valence-corrected chi connectivity index (χ2v) is 7.36. The molecule has 6 nitrogen and oxygen atoms in total. The number of hydrogen-bond donors (Lipinski definition) is 0. The van der Waals surface area contributed by atoms with E-state index in [9.17, 15) is 4.79 Å². The maximum atomic E-state index is 12.7. The molecule has 2 aromatic heterocycles. The quantitative estimate of drug-likeness (QED) is 0.847. The Hall–Kier alpha value is -1.95. The van der Waals surface area contributed by atoms with Crippen LogP contribution in [-0.4, -0.2) is 30.6 Å². The topological polar surface area (TPSA) is 63.9 Å². The Kier molecular flexibility index (Phi) is 3.88. The molecule has 0 bridgehead atoms. The van der Waals surface area contributed by atoms with Crippen molar-refractivity contribution in [3.63, 3.8) is 0 Å². The first-order valence-corrected chi connectivity index (χ1v) is 7.97. The molecule has 1 amide bonds. The fraction of sp³-hybridized carbons (Fsp3) is 0.500. The molecule has 0 spiro atoms. The van der Waals surface area contributed by atoms with Gasteiger partial charge in [-0.2, -0.15) is 5.10 Å². The summed E-state index contributed by atoms with van der Waals surface area (Å²) in [5, 5.41) is 4.64. The molecule has 122 valence electrons. The van der Waals surface area contributed by atoms with E-state index in [-0.39, 0.29) is 11.3 Å². The predicted molar refractivity (Wildman–Crippen MR) is 86.9 cm³/mol. The number of hydrogen-bond acceptors (Lipinski definition) is 4. The highest BCUT2D eigenvalue weighted by Crippen LogP contribution is 2.26. The van der Waals surface area contributed by atoms with E-state index in [2.05, 4.69) is 35.8 Å². The summed E-state index contributed by atoms with van der Waals surface area (Å²) in [5.41, 5.74) is 1.84. The third-order valence-corrected chi connectivity index (χ3v) is 4.16. The van der Waals surface area contributed by atoms with Crippen molar-refractivity contribution in [2.24, 2.45) is 0 Å². The maximum absolute atomic E-state index is 12.7. The van der Waals surface area contributed by atoms with Gasteiger partial charge in [-0.1, -0.05) is 32.4 Å². The minimum absolute atomic E-state index is 0.0000698. The van der Waals surface area contributed by atoms with Gasteiger partial charge in [0.1, 0.15) is 11.9 Å². The van der Waals surface area contributed by atoms with E-state index in [1.54, 1.807) is 15.8 Å². The van der Waals surface area contributed by atoms with Crippen LogP contribution in [0.2, 0.25) is 5.02 Å². The maximum Gasteiger partial charge on any atom is 0.247 e. The van der Waals surface area contributed by atoms with Crippen molar-refractivity contribution in [2.75, 3.05) is 0 Å². The molecule has 1 atom stereocenters. The first-order chi connectivity index (χ1) is 10.8. The van der Waals surface area contributed by atoms with Crippen molar-refractivity contribution >= 4 is 17.5 Å². The molecule has 7 heteroatoms. The van der Waals surface area contributed by atoms with Crippen molar-refractivity contribution in [2.45, 2.75) is 52.2 Å². The SMILES string of the molecule is C[C@@H](C(=O)N1Cc2cnc(C(C)(C)C)nc2C1)n1cc(Cl)cn1. The number of rotatable bonds is 2. The van der Waals surface area contributed by atoms with Gasteiger partial charge in [0.05, 0.1) is 23.5 Å². The van der Waals surface area contributed by atoms with E-state index in [1.165, 1.54) is 6.20 Å². The van der Waals surface area contributed by atoms with Gasteiger partial charge >= 0.3 is 0 Å². The van der Waals surface area contributed by atoms with Gasteiger partial charge in [0.2, 0.25) is 5.91 Å². The highest BCUT2D eigenvalue weighted by molar-refractivity contribution is 6.30. The molecule has 0 aromatic carbocycles. The van der Waals surface area contributed by atoms with Crippen LogP contribution in [0.4, 0.5) is 0 Å². The van der Waals surface area contributed by atoms with Gasteiger partial charge in [0.15, 0.2) is 0 Å². The van der Waals surface area contributed by atoms with Gasteiger partial charge < -0.3 is 4.90 Å². The monoisotopic (exact) mass is 333 g/mol. The second-order valence-electron chi connectivity index (χ2n) is 6.92. The van der Waals surface area contributed by atoms with Crippen LogP contribution in [0, 0.1) is 0 Å². The third kappa shape index (κ3) is 3.08. The molecule has 0 N–H and O–H groups in total. The zero-order chi connectivity index (χ0) is 16.8. The van der Waals surface area contributed by atoms with E-state index < -0.39 is 6.04 Å². The Balaban J connectivity index is 1.77. The van der Waals surface area contributed by atoms with Gasteiger partial charge in [-0.3, -0.25) is 9.48 Å². The normalized spacial score (nSPS) is 15.6. The number of amides is 1. The van der Waals surface area contributed by atoms with E-state index in [4.69, 9.17) is 11.6 Å². The molecule has 2 aromatic rings. The molecule has 0 saturated heterocycles. The minimum Gasteiger partial charge on any atom is -0.330 e. The number of carbonyl (C=O) groups is 1. The average molecular weight is 334 g/mol. The summed E-state index contributed by atoms with van der Waals surface area (Å²) < 4.78 is 1.58. The Labute approximate surface area is 140 Å². The smallest absolute Gasteiger partial charge is 0.247 e. The summed E-state index contributed by atoms with van der Waals surface area (Å²) in [7, 11) is 0. The number of nitrogens with zero attached hydrogens (tertiary/aromatic N) is 5. The fourth-order valence-corrected chi connectivity index (χ4v) is 2.72. The predicted octanol–water partition coefficient (Wildman–Crippen LogP) is 2.73. The lowest BCUT2D eigenvalue weighted by Crippen LogP contribution is -2.32. The third-order valence-electron chi connectivity index (χ3n) is 3.96. The lowest BCUT2D eigenvalue weighted by Gasteiger charge is -2.20. The summed E-state index contributed by atoms with van der Waals surface area (Å²) in [6, 6.07) is -0.396. The molecule has 0 saturated carbocycles.